The third-order valence-corrected chi connectivity index (χ3v) is 7.45. The van der Waals surface area contributed by atoms with Gasteiger partial charge in [-0.3, -0.25) is 0 Å². The van der Waals surface area contributed by atoms with E-state index in [1.54, 1.807) is 11.3 Å². The predicted octanol–water partition coefficient (Wildman–Crippen LogP) is 4.18. The van der Waals surface area contributed by atoms with Crippen molar-refractivity contribution in [3.63, 3.8) is 0 Å². The highest BCUT2D eigenvalue weighted by Gasteiger charge is 2.34. The number of rotatable bonds is 6. The molecule has 9 heteroatoms. The molecular weight excluding hydrogens is 399 g/mol. The van der Waals surface area contributed by atoms with E-state index < -0.39 is 21.8 Å². The van der Waals surface area contributed by atoms with Gasteiger partial charge in [0.2, 0.25) is 10.0 Å². The first-order valence-corrected chi connectivity index (χ1v) is 10.9. The van der Waals surface area contributed by atoms with Gasteiger partial charge in [-0.05, 0) is 55.0 Å². The molecule has 3 rings (SSSR count). The quantitative estimate of drug-likeness (QED) is 0.706. The molecule has 1 fully saturated rings. The van der Waals surface area contributed by atoms with Crippen LogP contribution in [0.3, 0.4) is 0 Å². The highest BCUT2D eigenvalue weighted by Crippen LogP contribution is 2.31. The van der Waals surface area contributed by atoms with E-state index in [1.165, 1.54) is 4.31 Å². The molecule has 1 saturated heterocycles. The van der Waals surface area contributed by atoms with E-state index >= 15 is 0 Å². The number of benzene rings is 1. The molecule has 2 aromatic rings. The minimum Gasteiger partial charge on any atom is -0.381 e. The van der Waals surface area contributed by atoms with Crippen LogP contribution in [0.1, 0.15) is 23.3 Å². The molecule has 0 N–H and O–H groups in total. The average molecular weight is 419 g/mol. The second kappa shape index (κ2) is 8.30. The summed E-state index contributed by atoms with van der Waals surface area (Å²) in [4.78, 5) is 0.947. The van der Waals surface area contributed by atoms with Crippen LogP contribution in [0.2, 0.25) is 0 Å². The molecule has 0 amide bonds. The van der Waals surface area contributed by atoms with Crippen molar-refractivity contribution in [1.29, 1.82) is 0 Å². The Kier molecular flexibility index (Phi) is 6.25. The van der Waals surface area contributed by atoms with Gasteiger partial charge in [-0.1, -0.05) is 6.07 Å². The predicted molar refractivity (Wildman–Crippen MR) is 97.2 cm³/mol. The van der Waals surface area contributed by atoms with Crippen LogP contribution in [0.25, 0.3) is 0 Å². The number of alkyl halides is 3. The minimum absolute atomic E-state index is 0.117. The zero-order chi connectivity index (χ0) is 19.5. The molecular formula is C18H20F3NO3S2. The van der Waals surface area contributed by atoms with E-state index in [9.17, 15) is 21.6 Å². The Morgan fingerprint density at radius 3 is 2.33 bits per heavy atom. The van der Waals surface area contributed by atoms with Gasteiger partial charge in [-0.2, -0.15) is 17.5 Å². The number of hydrogen-bond donors (Lipinski definition) is 0. The largest absolute Gasteiger partial charge is 0.416 e. The maximum absolute atomic E-state index is 13.2. The SMILES string of the molecule is O=S(=O)(c1ccc(C(F)(F)F)cc1)N(CCc1cccs1)C1CCOCC1. The van der Waals surface area contributed by atoms with Gasteiger partial charge in [0.25, 0.3) is 0 Å². The molecule has 0 spiro atoms. The van der Waals surface area contributed by atoms with Gasteiger partial charge in [0, 0.05) is 30.7 Å². The van der Waals surface area contributed by atoms with Crippen LogP contribution in [-0.4, -0.2) is 38.5 Å². The van der Waals surface area contributed by atoms with E-state index in [0.717, 1.165) is 29.1 Å². The number of halogens is 3. The third kappa shape index (κ3) is 4.90. The van der Waals surface area contributed by atoms with Crippen molar-refractivity contribution in [2.45, 2.75) is 36.4 Å². The Morgan fingerprint density at radius 2 is 1.78 bits per heavy atom. The van der Waals surface area contributed by atoms with Gasteiger partial charge in [-0.15, -0.1) is 11.3 Å². The molecule has 1 aliphatic heterocycles. The summed E-state index contributed by atoms with van der Waals surface area (Å²) in [7, 11) is -3.90. The summed E-state index contributed by atoms with van der Waals surface area (Å²) in [5.74, 6) is 0. The summed E-state index contributed by atoms with van der Waals surface area (Å²) in [6.45, 7) is 1.24. The van der Waals surface area contributed by atoms with Gasteiger partial charge in [0.1, 0.15) is 0 Å². The van der Waals surface area contributed by atoms with Crippen LogP contribution >= 0.6 is 11.3 Å². The lowest BCUT2D eigenvalue weighted by Crippen LogP contribution is -2.44. The molecule has 1 aromatic carbocycles. The van der Waals surface area contributed by atoms with E-state index in [4.69, 9.17) is 4.74 Å². The van der Waals surface area contributed by atoms with Crippen molar-refractivity contribution < 1.29 is 26.3 Å². The highest BCUT2D eigenvalue weighted by atomic mass is 32.2. The fourth-order valence-electron chi connectivity index (χ4n) is 3.10. The summed E-state index contributed by atoms with van der Waals surface area (Å²) >= 11 is 1.55. The van der Waals surface area contributed by atoms with Crippen LogP contribution in [-0.2, 0) is 27.4 Å². The van der Waals surface area contributed by atoms with Crippen molar-refractivity contribution in [2.24, 2.45) is 0 Å². The summed E-state index contributed by atoms with van der Waals surface area (Å²) in [5.41, 5.74) is -0.863. The smallest absolute Gasteiger partial charge is 0.381 e. The molecule has 27 heavy (non-hydrogen) atoms. The number of ether oxygens (including phenoxy) is 1. The third-order valence-electron chi connectivity index (χ3n) is 4.55. The summed E-state index contributed by atoms with van der Waals surface area (Å²) in [5, 5.41) is 1.93. The van der Waals surface area contributed by atoms with Crippen LogP contribution in [0, 0.1) is 0 Å². The Balaban J connectivity index is 1.86. The molecule has 4 nitrogen and oxygen atoms in total. The molecule has 0 unspecified atom stereocenters. The fraction of sp³-hybridized carbons (Fsp3) is 0.444. The Labute approximate surface area is 160 Å². The monoisotopic (exact) mass is 419 g/mol. The summed E-state index contributed by atoms with van der Waals surface area (Å²) in [6.07, 6.45) is -2.79. The first-order chi connectivity index (χ1) is 12.8. The van der Waals surface area contributed by atoms with Crippen LogP contribution in [0.4, 0.5) is 13.2 Å². The Hall–Kier alpha value is -1.42. The van der Waals surface area contributed by atoms with Gasteiger partial charge in [0.15, 0.2) is 0 Å². The summed E-state index contributed by atoms with van der Waals surface area (Å²) in [6, 6.07) is 7.33. The number of nitrogens with zero attached hydrogens (tertiary/aromatic N) is 1. The lowest BCUT2D eigenvalue weighted by Gasteiger charge is -2.33. The molecule has 0 atom stereocenters. The Morgan fingerprint density at radius 1 is 1.11 bits per heavy atom. The van der Waals surface area contributed by atoms with Crippen LogP contribution in [0.15, 0.2) is 46.7 Å². The highest BCUT2D eigenvalue weighted by molar-refractivity contribution is 7.89. The van der Waals surface area contributed by atoms with Crippen molar-refractivity contribution in [3.8, 4) is 0 Å². The number of sulfonamides is 1. The van der Waals surface area contributed by atoms with Crippen LogP contribution < -0.4 is 0 Å². The van der Waals surface area contributed by atoms with E-state index in [2.05, 4.69) is 0 Å². The van der Waals surface area contributed by atoms with E-state index in [-0.39, 0.29) is 17.5 Å². The van der Waals surface area contributed by atoms with Crippen LogP contribution in [0.5, 0.6) is 0 Å². The standard InChI is InChI=1S/C18H20F3NO3S2/c19-18(20,21)14-3-5-17(6-4-14)27(23,24)22(15-8-11-25-12-9-15)10-7-16-2-1-13-26-16/h1-6,13,15H,7-12H2. The fourth-order valence-corrected chi connectivity index (χ4v) is 5.48. The van der Waals surface area contributed by atoms with E-state index in [0.29, 0.717) is 32.5 Å². The van der Waals surface area contributed by atoms with Crippen molar-refractivity contribution >= 4 is 21.4 Å². The molecule has 0 bridgehead atoms. The maximum atomic E-state index is 13.2. The zero-order valence-corrected chi connectivity index (χ0v) is 16.1. The Bertz CT molecular complexity index is 828. The lowest BCUT2D eigenvalue weighted by atomic mass is 10.1. The molecule has 0 aliphatic carbocycles. The molecule has 0 saturated carbocycles. The normalized spacial score (nSPS) is 16.7. The maximum Gasteiger partial charge on any atom is 0.416 e. The molecule has 1 aliphatic rings. The van der Waals surface area contributed by atoms with Gasteiger partial charge >= 0.3 is 6.18 Å². The average Bonchev–Trinajstić information content (AvgIpc) is 3.15. The van der Waals surface area contributed by atoms with Gasteiger partial charge in [-0.25, -0.2) is 8.42 Å². The second-order valence-corrected chi connectivity index (χ2v) is 9.23. The molecule has 2 heterocycles. The van der Waals surface area contributed by atoms with E-state index in [1.807, 2.05) is 17.5 Å². The first-order valence-electron chi connectivity index (χ1n) is 8.58. The topological polar surface area (TPSA) is 46.6 Å². The lowest BCUT2D eigenvalue weighted by molar-refractivity contribution is -0.137. The molecule has 0 radical (unpaired) electrons. The number of hydrogen-bond acceptors (Lipinski definition) is 4. The van der Waals surface area contributed by atoms with Gasteiger partial charge in [0.05, 0.1) is 10.5 Å². The van der Waals surface area contributed by atoms with Gasteiger partial charge < -0.3 is 4.74 Å². The molecule has 148 valence electrons. The minimum atomic E-state index is -4.50. The first kappa shape index (κ1) is 20.3. The zero-order valence-electron chi connectivity index (χ0n) is 14.5. The van der Waals surface area contributed by atoms with Crippen molar-refractivity contribution in [2.75, 3.05) is 19.8 Å². The summed E-state index contributed by atoms with van der Waals surface area (Å²) < 4.78 is 71.4. The molecule has 1 aromatic heterocycles. The number of thiophene rings is 1. The second-order valence-electron chi connectivity index (χ2n) is 6.31. The van der Waals surface area contributed by atoms with Crippen molar-refractivity contribution in [1.82, 2.24) is 4.31 Å². The van der Waals surface area contributed by atoms with Crippen molar-refractivity contribution in [3.05, 3.63) is 52.2 Å².